The summed E-state index contributed by atoms with van der Waals surface area (Å²) in [5.74, 6) is 0.579. The Morgan fingerprint density at radius 2 is 2.10 bits per heavy atom. The first kappa shape index (κ1) is 20.6. The van der Waals surface area contributed by atoms with Crippen molar-refractivity contribution in [1.82, 2.24) is 5.43 Å². The SMILES string of the molecule is CCOc1cc(Cl)c(C=NNC(=O)c2cc3cc([N+](=O)[O-])ccc3s2)cc1OC. The Morgan fingerprint density at radius 1 is 1.31 bits per heavy atom. The zero-order chi connectivity index (χ0) is 21.0. The van der Waals surface area contributed by atoms with E-state index in [1.165, 1.54) is 36.8 Å². The van der Waals surface area contributed by atoms with Gasteiger partial charge in [-0.15, -0.1) is 11.3 Å². The number of halogens is 1. The van der Waals surface area contributed by atoms with Gasteiger partial charge in [-0.25, -0.2) is 5.43 Å². The number of methoxy groups -OCH3 is 1. The van der Waals surface area contributed by atoms with Gasteiger partial charge in [0.2, 0.25) is 0 Å². The lowest BCUT2D eigenvalue weighted by atomic mass is 10.2. The van der Waals surface area contributed by atoms with E-state index in [2.05, 4.69) is 10.5 Å². The number of amides is 1. The molecule has 0 aliphatic carbocycles. The summed E-state index contributed by atoms with van der Waals surface area (Å²) in [6, 6.07) is 9.31. The fraction of sp³-hybridized carbons (Fsp3) is 0.158. The maximum atomic E-state index is 12.3. The molecule has 0 saturated carbocycles. The molecule has 0 aliphatic rings. The zero-order valence-corrected chi connectivity index (χ0v) is 17.0. The van der Waals surface area contributed by atoms with Crippen molar-refractivity contribution in [3.63, 3.8) is 0 Å². The summed E-state index contributed by atoms with van der Waals surface area (Å²) >= 11 is 7.45. The van der Waals surface area contributed by atoms with Crippen LogP contribution in [0.3, 0.4) is 0 Å². The van der Waals surface area contributed by atoms with Gasteiger partial charge in [-0.3, -0.25) is 14.9 Å². The van der Waals surface area contributed by atoms with E-state index in [0.717, 1.165) is 4.70 Å². The Hall–Kier alpha value is -3.17. The Bertz CT molecular complexity index is 1110. The van der Waals surface area contributed by atoms with Crippen molar-refractivity contribution in [2.75, 3.05) is 13.7 Å². The van der Waals surface area contributed by atoms with Gasteiger partial charge in [-0.2, -0.15) is 5.10 Å². The minimum absolute atomic E-state index is 0.0284. The standard InChI is InChI=1S/C19H16ClN3O5S/c1-3-28-16-9-14(20)12(7-15(16)27-2)10-21-22-19(24)18-8-11-6-13(23(25)26)4-5-17(11)29-18/h4-10H,3H2,1-2H3,(H,22,24). The van der Waals surface area contributed by atoms with Gasteiger partial charge >= 0.3 is 0 Å². The molecule has 2 aromatic carbocycles. The van der Waals surface area contributed by atoms with Crippen molar-refractivity contribution in [2.24, 2.45) is 5.10 Å². The van der Waals surface area contributed by atoms with Crippen molar-refractivity contribution >= 4 is 50.8 Å². The number of thiophene rings is 1. The molecule has 3 aromatic rings. The highest BCUT2D eigenvalue weighted by Crippen LogP contribution is 2.33. The lowest BCUT2D eigenvalue weighted by Gasteiger charge is -2.11. The van der Waals surface area contributed by atoms with Crippen LogP contribution in [0, 0.1) is 10.1 Å². The fourth-order valence-electron chi connectivity index (χ4n) is 2.55. The number of hydrogen-bond donors (Lipinski definition) is 1. The average Bonchev–Trinajstić information content (AvgIpc) is 3.13. The molecule has 150 valence electrons. The van der Waals surface area contributed by atoms with Crippen molar-refractivity contribution in [2.45, 2.75) is 6.92 Å². The highest BCUT2D eigenvalue weighted by Gasteiger charge is 2.13. The maximum absolute atomic E-state index is 12.3. The molecule has 0 aliphatic heterocycles. The molecule has 1 heterocycles. The molecule has 1 aromatic heterocycles. The fourth-order valence-corrected chi connectivity index (χ4v) is 3.68. The summed E-state index contributed by atoms with van der Waals surface area (Å²) in [4.78, 5) is 23.1. The third-order valence-electron chi connectivity index (χ3n) is 3.89. The number of rotatable bonds is 7. The number of ether oxygens (including phenoxy) is 2. The van der Waals surface area contributed by atoms with Crippen LogP contribution in [0.5, 0.6) is 11.5 Å². The molecule has 0 bridgehead atoms. The summed E-state index contributed by atoms with van der Waals surface area (Å²) in [5, 5.41) is 15.8. The maximum Gasteiger partial charge on any atom is 0.281 e. The molecule has 3 rings (SSSR count). The molecule has 0 unspecified atom stereocenters. The van der Waals surface area contributed by atoms with Crippen LogP contribution in [0.2, 0.25) is 5.02 Å². The lowest BCUT2D eigenvalue weighted by molar-refractivity contribution is -0.384. The Kier molecular flexibility index (Phi) is 6.30. The Morgan fingerprint density at radius 3 is 2.79 bits per heavy atom. The molecule has 29 heavy (non-hydrogen) atoms. The third kappa shape index (κ3) is 4.64. The monoisotopic (exact) mass is 433 g/mol. The summed E-state index contributed by atoms with van der Waals surface area (Å²) in [6.07, 6.45) is 1.40. The van der Waals surface area contributed by atoms with Gasteiger partial charge in [0.25, 0.3) is 11.6 Å². The summed E-state index contributed by atoms with van der Waals surface area (Å²) in [5.41, 5.74) is 2.94. The third-order valence-corrected chi connectivity index (χ3v) is 5.33. The smallest absolute Gasteiger partial charge is 0.281 e. The Labute approximate surface area is 174 Å². The van der Waals surface area contributed by atoms with Crippen LogP contribution >= 0.6 is 22.9 Å². The predicted octanol–water partition coefficient (Wildman–Crippen LogP) is 4.63. The van der Waals surface area contributed by atoms with Gasteiger partial charge in [-0.05, 0) is 25.1 Å². The normalized spacial score (nSPS) is 11.0. The van der Waals surface area contributed by atoms with Gasteiger partial charge in [0.1, 0.15) is 0 Å². The van der Waals surface area contributed by atoms with E-state index < -0.39 is 10.8 Å². The summed E-state index contributed by atoms with van der Waals surface area (Å²) in [6.45, 7) is 2.32. The quantitative estimate of drug-likeness (QED) is 0.332. The summed E-state index contributed by atoms with van der Waals surface area (Å²) in [7, 11) is 1.51. The lowest BCUT2D eigenvalue weighted by Crippen LogP contribution is -2.16. The number of carbonyl (C=O) groups is 1. The van der Waals surface area contributed by atoms with E-state index in [1.54, 1.807) is 24.3 Å². The van der Waals surface area contributed by atoms with Gasteiger partial charge in [-0.1, -0.05) is 11.6 Å². The molecule has 1 N–H and O–H groups in total. The molecule has 8 nitrogen and oxygen atoms in total. The van der Waals surface area contributed by atoms with Crippen LogP contribution in [0.4, 0.5) is 5.69 Å². The number of nitrogens with zero attached hydrogens (tertiary/aromatic N) is 2. The van der Waals surface area contributed by atoms with E-state index in [4.69, 9.17) is 21.1 Å². The van der Waals surface area contributed by atoms with E-state index in [1.807, 2.05) is 6.92 Å². The van der Waals surface area contributed by atoms with Crippen molar-refractivity contribution in [1.29, 1.82) is 0 Å². The van der Waals surface area contributed by atoms with Gasteiger partial charge < -0.3 is 9.47 Å². The molecular weight excluding hydrogens is 418 g/mol. The molecule has 1 amide bonds. The number of nitrogens with one attached hydrogen (secondary N) is 1. The summed E-state index contributed by atoms with van der Waals surface area (Å²) < 4.78 is 11.5. The van der Waals surface area contributed by atoms with Gasteiger partial charge in [0.15, 0.2) is 11.5 Å². The topological polar surface area (TPSA) is 103 Å². The van der Waals surface area contributed by atoms with E-state index in [9.17, 15) is 14.9 Å². The number of nitro groups is 1. The number of hydrazone groups is 1. The van der Waals surface area contributed by atoms with Crippen LogP contribution in [0.1, 0.15) is 22.2 Å². The largest absolute Gasteiger partial charge is 0.493 e. The van der Waals surface area contributed by atoms with Crippen LogP contribution in [-0.4, -0.2) is 30.8 Å². The van der Waals surface area contributed by atoms with Crippen LogP contribution in [0.25, 0.3) is 10.1 Å². The highest BCUT2D eigenvalue weighted by atomic mass is 35.5. The molecule has 0 fully saturated rings. The zero-order valence-electron chi connectivity index (χ0n) is 15.5. The Balaban J connectivity index is 1.75. The number of fused-ring (bicyclic) bond motifs is 1. The number of benzene rings is 2. The number of non-ortho nitro benzene ring substituents is 1. The van der Waals surface area contributed by atoms with Crippen LogP contribution in [-0.2, 0) is 0 Å². The minimum atomic E-state index is -0.476. The predicted molar refractivity (Wildman–Crippen MR) is 113 cm³/mol. The van der Waals surface area contributed by atoms with Crippen LogP contribution in [0.15, 0.2) is 41.5 Å². The highest BCUT2D eigenvalue weighted by molar-refractivity contribution is 7.20. The van der Waals surface area contributed by atoms with E-state index in [-0.39, 0.29) is 5.69 Å². The van der Waals surface area contributed by atoms with Crippen molar-refractivity contribution < 1.29 is 19.2 Å². The second-order valence-corrected chi connectivity index (χ2v) is 7.24. The molecule has 0 radical (unpaired) electrons. The van der Waals surface area contributed by atoms with Crippen molar-refractivity contribution in [3.8, 4) is 11.5 Å². The van der Waals surface area contributed by atoms with Gasteiger partial charge in [0.05, 0.1) is 34.8 Å². The number of hydrogen-bond acceptors (Lipinski definition) is 7. The first-order chi connectivity index (χ1) is 13.9. The van der Waals surface area contributed by atoms with E-state index >= 15 is 0 Å². The van der Waals surface area contributed by atoms with Crippen molar-refractivity contribution in [3.05, 3.63) is 62.0 Å². The molecule has 0 saturated heterocycles. The first-order valence-electron chi connectivity index (χ1n) is 8.44. The van der Waals surface area contributed by atoms with Crippen LogP contribution < -0.4 is 14.9 Å². The minimum Gasteiger partial charge on any atom is -0.493 e. The average molecular weight is 434 g/mol. The second-order valence-electron chi connectivity index (χ2n) is 5.75. The molecular formula is C19H16ClN3O5S. The first-order valence-corrected chi connectivity index (χ1v) is 9.64. The molecule has 10 heteroatoms. The molecule has 0 spiro atoms. The van der Waals surface area contributed by atoms with Gasteiger partial charge in [0, 0.05) is 33.8 Å². The second kappa shape index (κ2) is 8.89. The number of carbonyl (C=O) groups excluding carboxylic acids is 1. The van der Waals surface area contributed by atoms with E-state index in [0.29, 0.717) is 39.0 Å². The number of nitro benzene ring substituents is 1. The molecule has 0 atom stereocenters.